The molecule has 0 aliphatic carbocycles. The Bertz CT molecular complexity index is 306. The summed E-state index contributed by atoms with van der Waals surface area (Å²) in [5.41, 5.74) is 0.393. The highest BCUT2D eigenvalue weighted by Crippen LogP contribution is 2.36. The zero-order valence-corrected chi connectivity index (χ0v) is 13.8. The van der Waals surface area contributed by atoms with Crippen LogP contribution in [-0.2, 0) is 14.1 Å². The van der Waals surface area contributed by atoms with Crippen LogP contribution in [0.5, 0.6) is 0 Å². The molecule has 0 aromatic rings. The maximum atomic E-state index is 12.1. The van der Waals surface area contributed by atoms with E-state index in [9.17, 15) is 4.79 Å². The first kappa shape index (κ1) is 17.2. The second-order valence-electron chi connectivity index (χ2n) is 5.97. The molecule has 0 aliphatic rings. The topological polar surface area (TPSA) is 47.9 Å². The fraction of sp³-hybridized carbons (Fsp3) is 0.846. The van der Waals surface area contributed by atoms with Crippen LogP contribution in [0.2, 0.25) is 18.1 Å². The van der Waals surface area contributed by atoms with E-state index >= 15 is 0 Å². The average molecular weight is 273 g/mol. The van der Waals surface area contributed by atoms with Gasteiger partial charge in [-0.3, -0.25) is 0 Å². The van der Waals surface area contributed by atoms with Gasteiger partial charge in [0.05, 0.1) is 0 Å². The van der Waals surface area contributed by atoms with Gasteiger partial charge in [0.15, 0.2) is 5.71 Å². The van der Waals surface area contributed by atoms with Gasteiger partial charge >= 0.3 is 5.97 Å². The van der Waals surface area contributed by atoms with E-state index < -0.39 is 8.32 Å². The molecule has 0 spiro atoms. The third-order valence-corrected chi connectivity index (χ3v) is 7.67. The van der Waals surface area contributed by atoms with E-state index in [1.54, 1.807) is 0 Å². The van der Waals surface area contributed by atoms with Gasteiger partial charge in [-0.25, -0.2) is 4.79 Å². The molecule has 106 valence electrons. The average Bonchev–Trinajstić information content (AvgIpc) is 2.21. The zero-order valence-electron chi connectivity index (χ0n) is 12.8. The zero-order chi connectivity index (χ0) is 14.4. The van der Waals surface area contributed by atoms with Gasteiger partial charge in [0.1, 0.15) is 7.11 Å². The third-order valence-electron chi connectivity index (χ3n) is 3.36. The highest BCUT2D eigenvalue weighted by Gasteiger charge is 2.41. The van der Waals surface area contributed by atoms with E-state index in [1.807, 2.05) is 0 Å². The summed E-state index contributed by atoms with van der Waals surface area (Å²) in [6.45, 7) is 12.5. The minimum absolute atomic E-state index is 0.00555. The summed E-state index contributed by atoms with van der Waals surface area (Å²) in [6.07, 6.45) is 2.53. The van der Waals surface area contributed by atoms with Crippen LogP contribution in [0.25, 0.3) is 0 Å². The Labute approximate surface area is 112 Å². The van der Waals surface area contributed by atoms with Crippen molar-refractivity contribution in [3.63, 3.8) is 0 Å². The summed E-state index contributed by atoms with van der Waals surface area (Å²) in [4.78, 5) is 16.8. The van der Waals surface area contributed by atoms with Crippen molar-refractivity contribution in [2.75, 3.05) is 7.11 Å². The Morgan fingerprint density at radius 3 is 2.22 bits per heavy atom. The van der Waals surface area contributed by atoms with E-state index in [-0.39, 0.29) is 11.0 Å². The predicted molar refractivity (Wildman–Crippen MR) is 77.3 cm³/mol. The van der Waals surface area contributed by atoms with Crippen molar-refractivity contribution >= 4 is 20.0 Å². The molecule has 0 N–H and O–H groups in total. The number of oxime groups is 1. The highest BCUT2D eigenvalue weighted by molar-refractivity contribution is 6.76. The van der Waals surface area contributed by atoms with Gasteiger partial charge in [0, 0.05) is 6.42 Å². The molecule has 0 amide bonds. The molecular formula is C13H27NO3Si. The van der Waals surface area contributed by atoms with Crippen LogP contribution >= 0.6 is 0 Å². The minimum Gasteiger partial charge on any atom is -0.515 e. The normalized spacial score (nSPS) is 13.4. The third kappa shape index (κ3) is 5.21. The Hall–Kier alpha value is -0.843. The molecule has 0 fully saturated rings. The van der Waals surface area contributed by atoms with Crippen LogP contribution in [0.3, 0.4) is 0 Å². The second kappa shape index (κ2) is 6.92. The standard InChI is InChI=1S/C13H27NO3Si/c1-8-9-10-11(14-16-5)12(15)17-18(6,7)13(2,3)4/h8-10H2,1-7H3/b14-11-. The lowest BCUT2D eigenvalue weighted by Crippen LogP contribution is -2.44. The van der Waals surface area contributed by atoms with Crippen LogP contribution in [0.4, 0.5) is 0 Å². The summed E-state index contributed by atoms with van der Waals surface area (Å²) >= 11 is 0. The number of rotatable bonds is 6. The summed E-state index contributed by atoms with van der Waals surface area (Å²) in [7, 11) is -0.635. The molecule has 18 heavy (non-hydrogen) atoms. The van der Waals surface area contributed by atoms with Gasteiger partial charge in [-0.1, -0.05) is 39.3 Å². The van der Waals surface area contributed by atoms with E-state index in [0.29, 0.717) is 12.1 Å². The summed E-state index contributed by atoms with van der Waals surface area (Å²) in [5, 5.41) is 3.80. The molecule has 0 aromatic carbocycles. The number of hydrogen-bond donors (Lipinski definition) is 0. The maximum Gasteiger partial charge on any atom is 0.342 e. The fourth-order valence-electron chi connectivity index (χ4n) is 1.08. The maximum absolute atomic E-state index is 12.1. The van der Waals surface area contributed by atoms with E-state index in [4.69, 9.17) is 9.26 Å². The van der Waals surface area contributed by atoms with E-state index in [1.165, 1.54) is 7.11 Å². The predicted octanol–water partition coefficient (Wildman–Crippen LogP) is 3.73. The molecule has 0 atom stereocenters. The number of hydrogen-bond acceptors (Lipinski definition) is 4. The molecule has 0 saturated heterocycles. The first-order valence-electron chi connectivity index (χ1n) is 6.49. The molecule has 0 radical (unpaired) electrons. The van der Waals surface area contributed by atoms with Gasteiger partial charge in [0.25, 0.3) is 8.32 Å². The largest absolute Gasteiger partial charge is 0.515 e. The monoisotopic (exact) mass is 273 g/mol. The van der Waals surface area contributed by atoms with Crippen molar-refractivity contribution in [1.29, 1.82) is 0 Å². The Kier molecular flexibility index (Phi) is 6.60. The van der Waals surface area contributed by atoms with Gasteiger partial charge in [0.2, 0.25) is 0 Å². The van der Waals surface area contributed by atoms with E-state index in [2.05, 4.69) is 45.9 Å². The first-order valence-corrected chi connectivity index (χ1v) is 9.40. The van der Waals surface area contributed by atoms with Gasteiger partial charge in [-0.2, -0.15) is 0 Å². The van der Waals surface area contributed by atoms with Crippen molar-refractivity contribution in [2.24, 2.45) is 5.16 Å². The molecular weight excluding hydrogens is 246 g/mol. The Morgan fingerprint density at radius 1 is 1.28 bits per heavy atom. The molecule has 0 rings (SSSR count). The summed E-state index contributed by atoms with van der Waals surface area (Å²) < 4.78 is 5.70. The molecule has 4 nitrogen and oxygen atoms in total. The van der Waals surface area contributed by atoms with Crippen molar-refractivity contribution in [3.8, 4) is 0 Å². The van der Waals surface area contributed by atoms with Crippen LogP contribution in [-0.4, -0.2) is 27.1 Å². The highest BCUT2D eigenvalue weighted by atomic mass is 28.4. The first-order chi connectivity index (χ1) is 8.15. The minimum atomic E-state index is -2.08. The van der Waals surface area contributed by atoms with Crippen molar-refractivity contribution in [2.45, 2.75) is 65.1 Å². The van der Waals surface area contributed by atoms with Crippen LogP contribution in [0, 0.1) is 0 Å². The Morgan fingerprint density at radius 2 is 1.83 bits per heavy atom. The smallest absolute Gasteiger partial charge is 0.342 e. The summed E-state index contributed by atoms with van der Waals surface area (Å²) in [6, 6.07) is 0. The molecule has 0 aliphatic heterocycles. The second-order valence-corrected chi connectivity index (χ2v) is 10.7. The van der Waals surface area contributed by atoms with Crippen LogP contribution in [0.1, 0.15) is 47.0 Å². The van der Waals surface area contributed by atoms with Crippen molar-refractivity contribution in [1.82, 2.24) is 0 Å². The molecule has 0 aromatic heterocycles. The molecule has 0 heterocycles. The van der Waals surface area contributed by atoms with Gasteiger partial charge in [-0.05, 0) is 24.6 Å². The number of carbonyl (C=O) groups is 1. The molecule has 0 bridgehead atoms. The lowest BCUT2D eigenvalue weighted by Gasteiger charge is -2.35. The number of nitrogens with zero attached hydrogens (tertiary/aromatic N) is 1. The number of carbonyl (C=O) groups excluding carboxylic acids is 1. The lowest BCUT2D eigenvalue weighted by atomic mass is 10.2. The summed E-state index contributed by atoms with van der Waals surface area (Å²) in [5.74, 6) is -0.322. The Balaban J connectivity index is 4.76. The van der Waals surface area contributed by atoms with E-state index in [0.717, 1.165) is 12.8 Å². The van der Waals surface area contributed by atoms with Gasteiger partial charge < -0.3 is 9.26 Å². The van der Waals surface area contributed by atoms with Gasteiger partial charge in [-0.15, -0.1) is 0 Å². The van der Waals surface area contributed by atoms with Crippen LogP contribution in [0.15, 0.2) is 5.16 Å². The molecule has 0 unspecified atom stereocenters. The lowest BCUT2D eigenvalue weighted by molar-refractivity contribution is -0.128. The van der Waals surface area contributed by atoms with Crippen molar-refractivity contribution < 1.29 is 14.1 Å². The number of unbranched alkanes of at least 4 members (excludes halogenated alkanes) is 1. The quantitative estimate of drug-likeness (QED) is 0.421. The molecule has 5 heteroatoms. The SMILES string of the molecule is CCCC/C(=N/OC)C(=O)O[Si](C)(C)C(C)(C)C. The van der Waals surface area contributed by atoms with Crippen LogP contribution < -0.4 is 0 Å². The molecule has 0 saturated carbocycles. The van der Waals surface area contributed by atoms with Crippen molar-refractivity contribution in [3.05, 3.63) is 0 Å². The fourth-order valence-corrected chi connectivity index (χ4v) is 1.97.